The Balaban J connectivity index is 2.06. The van der Waals surface area contributed by atoms with Crippen molar-refractivity contribution in [2.75, 3.05) is 0 Å². The molecule has 1 fully saturated rings. The zero-order valence-electron chi connectivity index (χ0n) is 11.8. The highest BCUT2D eigenvalue weighted by Gasteiger charge is 2.33. The molecule has 2 rings (SSSR count). The van der Waals surface area contributed by atoms with E-state index in [1.54, 1.807) is 0 Å². The van der Waals surface area contributed by atoms with Crippen molar-refractivity contribution in [1.82, 2.24) is 10.3 Å². The van der Waals surface area contributed by atoms with Crippen molar-refractivity contribution in [3.63, 3.8) is 0 Å². The molecular formula is C15H20N2O3. The Hall–Kier alpha value is -1.91. The van der Waals surface area contributed by atoms with Gasteiger partial charge in [0.1, 0.15) is 5.69 Å². The smallest absolute Gasteiger partial charge is 0.354 e. The maximum absolute atomic E-state index is 12.2. The van der Waals surface area contributed by atoms with Crippen molar-refractivity contribution >= 4 is 11.9 Å². The van der Waals surface area contributed by atoms with E-state index in [1.807, 2.05) is 0 Å². The lowest BCUT2D eigenvalue weighted by atomic mass is 9.73. The number of aromatic nitrogens is 1. The molecule has 1 aliphatic carbocycles. The Labute approximate surface area is 118 Å². The minimum absolute atomic E-state index is 0.0560. The second-order valence-corrected chi connectivity index (χ2v) is 6.00. The third kappa shape index (κ3) is 3.15. The topological polar surface area (TPSA) is 79.3 Å². The van der Waals surface area contributed by atoms with E-state index in [2.05, 4.69) is 24.1 Å². The van der Waals surface area contributed by atoms with Gasteiger partial charge in [0.25, 0.3) is 5.91 Å². The maximum atomic E-state index is 12.2. The summed E-state index contributed by atoms with van der Waals surface area (Å²) in [5.74, 6) is -1.28. The molecule has 0 aromatic carbocycles. The summed E-state index contributed by atoms with van der Waals surface area (Å²) < 4.78 is 0. The third-order valence-corrected chi connectivity index (χ3v) is 4.06. The van der Waals surface area contributed by atoms with Gasteiger partial charge < -0.3 is 10.4 Å². The molecule has 1 saturated carbocycles. The molecule has 20 heavy (non-hydrogen) atoms. The molecule has 0 aliphatic heterocycles. The average molecular weight is 276 g/mol. The van der Waals surface area contributed by atoms with E-state index in [1.165, 1.54) is 24.8 Å². The fraction of sp³-hybridized carbons (Fsp3) is 0.533. The number of rotatable bonds is 3. The number of carbonyl (C=O) groups is 2. The molecule has 0 spiro atoms. The van der Waals surface area contributed by atoms with E-state index in [4.69, 9.17) is 5.11 Å². The number of hydrogen-bond donors (Lipinski definition) is 2. The van der Waals surface area contributed by atoms with Crippen molar-refractivity contribution in [3.05, 3.63) is 29.6 Å². The molecule has 0 bridgehead atoms. The van der Waals surface area contributed by atoms with Crippen molar-refractivity contribution in [1.29, 1.82) is 0 Å². The SMILES string of the molecule is CC1(C)CCCCC1NC(=O)c1ccc(C(=O)O)nc1. The van der Waals surface area contributed by atoms with Crippen molar-refractivity contribution in [2.24, 2.45) is 5.41 Å². The molecular weight excluding hydrogens is 256 g/mol. The Morgan fingerprint density at radius 2 is 2.10 bits per heavy atom. The number of carboxylic acids is 1. The first-order chi connectivity index (χ1) is 9.40. The molecule has 1 aromatic rings. The van der Waals surface area contributed by atoms with E-state index in [-0.39, 0.29) is 23.1 Å². The Kier molecular flexibility index (Phi) is 4.06. The number of nitrogens with one attached hydrogen (secondary N) is 1. The molecule has 1 aromatic heterocycles. The summed E-state index contributed by atoms with van der Waals surface area (Å²) in [5.41, 5.74) is 0.443. The molecule has 1 amide bonds. The number of carbonyl (C=O) groups excluding carboxylic acids is 1. The first kappa shape index (κ1) is 14.5. The number of aromatic carboxylic acids is 1. The second-order valence-electron chi connectivity index (χ2n) is 6.00. The van der Waals surface area contributed by atoms with Crippen LogP contribution in [0.5, 0.6) is 0 Å². The molecule has 5 heteroatoms. The van der Waals surface area contributed by atoms with Crippen LogP contribution in [-0.4, -0.2) is 28.0 Å². The highest BCUT2D eigenvalue weighted by molar-refractivity contribution is 5.95. The first-order valence-corrected chi connectivity index (χ1v) is 6.90. The van der Waals surface area contributed by atoms with Crippen LogP contribution in [0.2, 0.25) is 0 Å². The van der Waals surface area contributed by atoms with Crippen molar-refractivity contribution in [3.8, 4) is 0 Å². The van der Waals surface area contributed by atoms with Crippen LogP contribution in [0.1, 0.15) is 60.4 Å². The van der Waals surface area contributed by atoms with Gasteiger partial charge in [-0.25, -0.2) is 9.78 Å². The van der Waals surface area contributed by atoms with Gasteiger partial charge in [-0.3, -0.25) is 4.79 Å². The number of nitrogens with zero attached hydrogens (tertiary/aromatic N) is 1. The summed E-state index contributed by atoms with van der Waals surface area (Å²) in [6, 6.07) is 3.01. The van der Waals surface area contributed by atoms with Crippen LogP contribution in [0, 0.1) is 5.41 Å². The summed E-state index contributed by atoms with van der Waals surface area (Å²) in [6.07, 6.45) is 5.74. The monoisotopic (exact) mass is 276 g/mol. The Morgan fingerprint density at radius 3 is 2.65 bits per heavy atom. The van der Waals surface area contributed by atoms with Gasteiger partial charge in [0.05, 0.1) is 5.56 Å². The van der Waals surface area contributed by atoms with E-state index in [9.17, 15) is 9.59 Å². The van der Waals surface area contributed by atoms with Gasteiger partial charge in [0, 0.05) is 12.2 Å². The number of hydrogen-bond acceptors (Lipinski definition) is 3. The fourth-order valence-electron chi connectivity index (χ4n) is 2.66. The van der Waals surface area contributed by atoms with Gasteiger partial charge in [-0.05, 0) is 30.4 Å². The molecule has 1 heterocycles. The largest absolute Gasteiger partial charge is 0.477 e. The molecule has 1 aliphatic rings. The highest BCUT2D eigenvalue weighted by atomic mass is 16.4. The molecule has 108 valence electrons. The Bertz CT molecular complexity index is 508. The van der Waals surface area contributed by atoms with Crippen LogP contribution >= 0.6 is 0 Å². The summed E-state index contributed by atoms with van der Waals surface area (Å²) in [7, 11) is 0. The van der Waals surface area contributed by atoms with Crippen LogP contribution in [0.4, 0.5) is 0 Å². The van der Waals surface area contributed by atoms with E-state index in [0.29, 0.717) is 5.56 Å². The van der Waals surface area contributed by atoms with Crippen molar-refractivity contribution < 1.29 is 14.7 Å². The van der Waals surface area contributed by atoms with E-state index < -0.39 is 5.97 Å². The van der Waals surface area contributed by atoms with Crippen LogP contribution in [0.3, 0.4) is 0 Å². The molecule has 0 saturated heterocycles. The predicted octanol–water partition coefficient (Wildman–Crippen LogP) is 2.48. The highest BCUT2D eigenvalue weighted by Crippen LogP contribution is 2.35. The lowest BCUT2D eigenvalue weighted by molar-refractivity contribution is 0.0689. The quantitative estimate of drug-likeness (QED) is 0.889. The summed E-state index contributed by atoms with van der Waals surface area (Å²) in [4.78, 5) is 26.7. The molecule has 2 N–H and O–H groups in total. The number of amides is 1. The molecule has 1 atom stereocenters. The zero-order chi connectivity index (χ0) is 14.8. The van der Waals surface area contributed by atoms with Crippen LogP contribution in [0.15, 0.2) is 18.3 Å². The summed E-state index contributed by atoms with van der Waals surface area (Å²) >= 11 is 0. The van der Waals surface area contributed by atoms with Gasteiger partial charge in [-0.1, -0.05) is 26.7 Å². The minimum atomic E-state index is -1.09. The van der Waals surface area contributed by atoms with Crippen LogP contribution < -0.4 is 5.32 Å². The fourth-order valence-corrected chi connectivity index (χ4v) is 2.66. The normalized spacial score (nSPS) is 21.2. The predicted molar refractivity (Wildman–Crippen MR) is 74.7 cm³/mol. The summed E-state index contributed by atoms with van der Waals surface area (Å²) in [5, 5.41) is 11.8. The summed E-state index contributed by atoms with van der Waals surface area (Å²) in [6.45, 7) is 4.34. The van der Waals surface area contributed by atoms with Gasteiger partial charge in [-0.15, -0.1) is 0 Å². The minimum Gasteiger partial charge on any atom is -0.477 e. The second kappa shape index (κ2) is 5.61. The average Bonchev–Trinajstić information content (AvgIpc) is 2.41. The molecule has 0 radical (unpaired) electrons. The maximum Gasteiger partial charge on any atom is 0.354 e. The van der Waals surface area contributed by atoms with Gasteiger partial charge in [0.15, 0.2) is 0 Å². The number of carboxylic acid groups (broad SMARTS) is 1. The molecule has 1 unspecified atom stereocenters. The van der Waals surface area contributed by atoms with Crippen LogP contribution in [0.25, 0.3) is 0 Å². The van der Waals surface area contributed by atoms with Gasteiger partial charge in [-0.2, -0.15) is 0 Å². The standard InChI is InChI=1S/C15H20N2O3/c1-15(2)8-4-3-5-12(15)17-13(18)10-6-7-11(14(19)20)16-9-10/h6-7,9,12H,3-5,8H2,1-2H3,(H,17,18)(H,19,20). The lowest BCUT2D eigenvalue weighted by Crippen LogP contribution is -2.46. The third-order valence-electron chi connectivity index (χ3n) is 4.06. The van der Waals surface area contributed by atoms with Gasteiger partial charge >= 0.3 is 5.97 Å². The van der Waals surface area contributed by atoms with Crippen LogP contribution in [-0.2, 0) is 0 Å². The van der Waals surface area contributed by atoms with Gasteiger partial charge in [0.2, 0.25) is 0 Å². The Morgan fingerprint density at radius 1 is 1.35 bits per heavy atom. The molecule has 5 nitrogen and oxygen atoms in total. The zero-order valence-corrected chi connectivity index (χ0v) is 11.8. The van der Waals surface area contributed by atoms with Crippen molar-refractivity contribution in [2.45, 2.75) is 45.6 Å². The lowest BCUT2D eigenvalue weighted by Gasteiger charge is -2.39. The first-order valence-electron chi connectivity index (χ1n) is 6.90. The number of pyridine rings is 1. The van der Waals surface area contributed by atoms with E-state index in [0.717, 1.165) is 19.3 Å². The van der Waals surface area contributed by atoms with E-state index >= 15 is 0 Å².